The molecule has 1 saturated carbocycles. The molecule has 1 atom stereocenters. The molecule has 156 valence electrons. The first-order valence-corrected chi connectivity index (χ1v) is 11.2. The fourth-order valence-corrected chi connectivity index (χ4v) is 5.43. The van der Waals surface area contributed by atoms with E-state index in [9.17, 15) is 9.59 Å². The second-order valence-electron chi connectivity index (χ2n) is 9.17. The summed E-state index contributed by atoms with van der Waals surface area (Å²) < 4.78 is 0. The van der Waals surface area contributed by atoms with E-state index in [1.807, 2.05) is 58.3 Å². The summed E-state index contributed by atoms with van der Waals surface area (Å²) in [5.74, 6) is 0.253. The predicted molar refractivity (Wildman–Crippen MR) is 118 cm³/mol. The van der Waals surface area contributed by atoms with Gasteiger partial charge in [-0.15, -0.1) is 0 Å². The Morgan fingerprint density at radius 2 is 1.70 bits per heavy atom. The van der Waals surface area contributed by atoms with Gasteiger partial charge in [-0.2, -0.15) is 0 Å². The van der Waals surface area contributed by atoms with Gasteiger partial charge in [-0.05, 0) is 37.0 Å². The van der Waals surface area contributed by atoms with Crippen molar-refractivity contribution in [1.29, 1.82) is 0 Å². The highest BCUT2D eigenvalue weighted by Crippen LogP contribution is 2.50. The topological polar surface area (TPSA) is 52.7 Å². The lowest BCUT2D eigenvalue weighted by atomic mass is 9.86. The van der Waals surface area contributed by atoms with Crippen LogP contribution in [0.1, 0.15) is 61.9 Å². The second-order valence-corrected chi connectivity index (χ2v) is 9.17. The van der Waals surface area contributed by atoms with Crippen molar-refractivity contribution in [3.8, 4) is 0 Å². The molecule has 5 rings (SSSR count). The van der Waals surface area contributed by atoms with E-state index < -0.39 is 5.66 Å². The van der Waals surface area contributed by atoms with E-state index in [0.29, 0.717) is 18.0 Å². The van der Waals surface area contributed by atoms with E-state index in [4.69, 9.17) is 0 Å². The number of carbonyl (C=O) groups is 2. The quantitative estimate of drug-likeness (QED) is 0.805. The van der Waals surface area contributed by atoms with Gasteiger partial charge in [0.25, 0.3) is 11.8 Å². The average molecular weight is 404 g/mol. The summed E-state index contributed by atoms with van der Waals surface area (Å²) in [5.41, 5.74) is 2.03. The van der Waals surface area contributed by atoms with Crippen molar-refractivity contribution in [3.63, 3.8) is 0 Å². The van der Waals surface area contributed by atoms with Gasteiger partial charge in [-0.3, -0.25) is 9.59 Å². The maximum absolute atomic E-state index is 14.2. The molecule has 5 heteroatoms. The van der Waals surface area contributed by atoms with E-state index in [1.54, 1.807) is 0 Å². The first kappa shape index (κ1) is 19.2. The van der Waals surface area contributed by atoms with Crippen molar-refractivity contribution in [2.45, 2.75) is 57.7 Å². The Bertz CT molecular complexity index is 995. The van der Waals surface area contributed by atoms with E-state index in [1.165, 1.54) is 6.42 Å². The molecule has 2 aromatic rings. The molecule has 2 aliphatic heterocycles. The predicted octanol–water partition coefficient (Wildman–Crippen LogP) is 4.74. The minimum atomic E-state index is -1.17. The molecule has 2 aromatic carbocycles. The molecule has 30 heavy (non-hydrogen) atoms. The summed E-state index contributed by atoms with van der Waals surface area (Å²) in [6, 6.07) is 15.6. The number of amides is 2. The lowest BCUT2D eigenvalue weighted by Crippen LogP contribution is -2.65. The van der Waals surface area contributed by atoms with Crippen molar-refractivity contribution in [1.82, 2.24) is 4.90 Å². The third-order valence-corrected chi connectivity index (χ3v) is 6.68. The van der Waals surface area contributed by atoms with Gasteiger partial charge in [0.1, 0.15) is 0 Å². The Morgan fingerprint density at radius 1 is 1.00 bits per heavy atom. The number of hydrogen-bond donors (Lipinski definition) is 1. The maximum Gasteiger partial charge on any atom is 0.278 e. The molecule has 0 radical (unpaired) electrons. The fourth-order valence-electron chi connectivity index (χ4n) is 5.43. The number of nitrogens with zero attached hydrogens (tertiary/aromatic N) is 2. The van der Waals surface area contributed by atoms with Crippen LogP contribution in [0, 0.1) is 5.92 Å². The van der Waals surface area contributed by atoms with Crippen LogP contribution in [0.15, 0.2) is 48.5 Å². The first-order valence-electron chi connectivity index (χ1n) is 11.2. The van der Waals surface area contributed by atoms with Gasteiger partial charge < -0.3 is 15.1 Å². The van der Waals surface area contributed by atoms with Gasteiger partial charge in [0.05, 0.1) is 11.3 Å². The third-order valence-electron chi connectivity index (χ3n) is 6.68. The van der Waals surface area contributed by atoms with Gasteiger partial charge in [-0.1, -0.05) is 63.4 Å². The van der Waals surface area contributed by atoms with Crippen molar-refractivity contribution >= 4 is 23.2 Å². The van der Waals surface area contributed by atoms with Crippen molar-refractivity contribution < 1.29 is 9.59 Å². The van der Waals surface area contributed by atoms with Crippen LogP contribution in [0.25, 0.3) is 0 Å². The molecule has 0 aromatic heterocycles. The number of rotatable bonds is 3. The van der Waals surface area contributed by atoms with Gasteiger partial charge >= 0.3 is 0 Å². The number of hydrogen-bond acceptors (Lipinski definition) is 3. The maximum atomic E-state index is 14.2. The number of anilines is 2. The zero-order chi connectivity index (χ0) is 20.9. The lowest BCUT2D eigenvalue weighted by molar-refractivity contribution is -0.129. The van der Waals surface area contributed by atoms with Crippen LogP contribution in [0.2, 0.25) is 0 Å². The standard InChI is InChI=1S/C25H29N3O2/c1-17(2)16-27-22-15-9-7-13-20(22)25(24(27)30)26-21-14-8-6-12-19(21)23(29)28(25)18-10-4-3-5-11-18/h6-9,12-15,17-18,26H,3-5,10-11,16H2,1-2H3/t25-/m0/s1. The van der Waals surface area contributed by atoms with Crippen LogP contribution in [0.3, 0.4) is 0 Å². The van der Waals surface area contributed by atoms with E-state index in [-0.39, 0.29) is 17.9 Å². The molecular weight excluding hydrogens is 374 g/mol. The summed E-state index contributed by atoms with van der Waals surface area (Å²) >= 11 is 0. The Balaban J connectivity index is 1.73. The Kier molecular flexibility index (Phi) is 4.57. The number of fused-ring (bicyclic) bond motifs is 3. The Labute approximate surface area is 178 Å². The van der Waals surface area contributed by atoms with Crippen LogP contribution >= 0.6 is 0 Å². The number of benzene rings is 2. The molecule has 1 spiro atoms. The molecule has 3 aliphatic rings. The zero-order valence-electron chi connectivity index (χ0n) is 17.7. The number of nitrogens with one attached hydrogen (secondary N) is 1. The molecule has 0 bridgehead atoms. The molecular formula is C25H29N3O2. The van der Waals surface area contributed by atoms with Crippen LogP contribution < -0.4 is 10.2 Å². The normalized spacial score (nSPS) is 23.7. The lowest BCUT2D eigenvalue weighted by Gasteiger charge is -2.49. The molecule has 1 aliphatic carbocycles. The number of carbonyl (C=O) groups excluding carboxylic acids is 2. The molecule has 0 saturated heterocycles. The van der Waals surface area contributed by atoms with Gasteiger partial charge in [-0.25, -0.2) is 0 Å². The van der Waals surface area contributed by atoms with Gasteiger partial charge in [0.15, 0.2) is 0 Å². The van der Waals surface area contributed by atoms with Gasteiger partial charge in [0, 0.05) is 23.8 Å². The highest BCUT2D eigenvalue weighted by atomic mass is 16.2. The summed E-state index contributed by atoms with van der Waals surface area (Å²) in [5, 5.41) is 3.57. The highest BCUT2D eigenvalue weighted by molar-refractivity contribution is 6.15. The summed E-state index contributed by atoms with van der Waals surface area (Å²) in [6.45, 7) is 4.87. The molecule has 2 amide bonds. The summed E-state index contributed by atoms with van der Waals surface area (Å²) in [4.78, 5) is 31.8. The average Bonchev–Trinajstić information content (AvgIpc) is 2.98. The van der Waals surface area contributed by atoms with E-state index in [2.05, 4.69) is 19.2 Å². The second kappa shape index (κ2) is 7.15. The fraction of sp³-hybridized carbons (Fsp3) is 0.440. The van der Waals surface area contributed by atoms with Crippen LogP contribution in [0.5, 0.6) is 0 Å². The minimum absolute atomic E-state index is 0.0363. The first-order chi connectivity index (χ1) is 14.5. The summed E-state index contributed by atoms with van der Waals surface area (Å²) in [6.07, 6.45) is 5.27. The molecule has 2 heterocycles. The monoisotopic (exact) mass is 403 g/mol. The summed E-state index contributed by atoms with van der Waals surface area (Å²) in [7, 11) is 0. The van der Waals surface area contributed by atoms with Crippen molar-refractivity contribution in [2.24, 2.45) is 5.92 Å². The van der Waals surface area contributed by atoms with E-state index in [0.717, 1.165) is 42.6 Å². The molecule has 1 fully saturated rings. The van der Waals surface area contributed by atoms with E-state index >= 15 is 0 Å². The minimum Gasteiger partial charge on any atom is -0.350 e. The molecule has 5 nitrogen and oxygen atoms in total. The van der Waals surface area contributed by atoms with Crippen LogP contribution in [-0.4, -0.2) is 29.3 Å². The van der Waals surface area contributed by atoms with Crippen LogP contribution in [0.4, 0.5) is 11.4 Å². The molecule has 1 N–H and O–H groups in total. The Morgan fingerprint density at radius 3 is 2.47 bits per heavy atom. The van der Waals surface area contributed by atoms with Crippen LogP contribution in [-0.2, 0) is 10.5 Å². The smallest absolute Gasteiger partial charge is 0.278 e. The third kappa shape index (κ3) is 2.68. The Hall–Kier alpha value is -2.82. The number of para-hydroxylation sites is 2. The van der Waals surface area contributed by atoms with Gasteiger partial charge in [0.2, 0.25) is 5.66 Å². The van der Waals surface area contributed by atoms with Crippen molar-refractivity contribution in [3.05, 3.63) is 59.7 Å². The SMILES string of the molecule is CC(C)CN1C(=O)[C@]2(Nc3ccccc3C(=O)N2C2CCCCC2)c2ccccc21. The molecule has 0 unspecified atom stereocenters. The van der Waals surface area contributed by atoms with Crippen molar-refractivity contribution in [2.75, 3.05) is 16.8 Å². The zero-order valence-corrected chi connectivity index (χ0v) is 17.7. The highest BCUT2D eigenvalue weighted by Gasteiger charge is 2.60. The largest absolute Gasteiger partial charge is 0.350 e.